The van der Waals surface area contributed by atoms with Gasteiger partial charge < -0.3 is 10.1 Å². The number of hydrogen-bond donors (Lipinski definition) is 1. The fourth-order valence-electron chi connectivity index (χ4n) is 2.24. The number of hydrogen-bond acceptors (Lipinski definition) is 2. The van der Waals surface area contributed by atoms with Crippen LogP contribution in [0.3, 0.4) is 0 Å². The van der Waals surface area contributed by atoms with E-state index >= 15 is 0 Å². The fourth-order valence-corrected chi connectivity index (χ4v) is 2.65. The van der Waals surface area contributed by atoms with Gasteiger partial charge in [-0.2, -0.15) is 0 Å². The third-order valence-electron chi connectivity index (χ3n) is 3.97. The third kappa shape index (κ3) is 4.50. The zero-order valence-corrected chi connectivity index (χ0v) is 14.3. The second-order valence-corrected chi connectivity index (χ2v) is 6.53. The molecule has 0 amide bonds. The maximum Gasteiger partial charge on any atom is 0.122 e. The molecule has 19 heavy (non-hydrogen) atoms. The lowest BCUT2D eigenvalue weighted by Gasteiger charge is -2.34. The van der Waals surface area contributed by atoms with Crippen molar-refractivity contribution in [3.8, 4) is 5.75 Å². The quantitative estimate of drug-likeness (QED) is 0.800. The summed E-state index contributed by atoms with van der Waals surface area (Å²) in [7, 11) is 1.74. The van der Waals surface area contributed by atoms with Gasteiger partial charge in [0.1, 0.15) is 5.75 Å². The highest BCUT2D eigenvalue weighted by atomic mass is 79.9. The number of methoxy groups -OCH3 is 1. The Morgan fingerprint density at radius 2 is 2.00 bits per heavy atom. The van der Waals surface area contributed by atoms with Crippen molar-refractivity contribution in [3.63, 3.8) is 0 Å². The zero-order valence-electron chi connectivity index (χ0n) is 12.7. The van der Waals surface area contributed by atoms with Gasteiger partial charge in [0.25, 0.3) is 0 Å². The number of ether oxygens (including phenoxy) is 1. The second kappa shape index (κ2) is 7.30. The van der Waals surface area contributed by atoms with Crippen molar-refractivity contribution in [2.45, 2.75) is 46.6 Å². The molecule has 0 saturated carbocycles. The molecule has 0 aromatic heterocycles. The Hall–Kier alpha value is -0.540. The summed E-state index contributed by atoms with van der Waals surface area (Å²) in [6.45, 7) is 10.1. The first-order valence-electron chi connectivity index (χ1n) is 7.00. The predicted molar refractivity (Wildman–Crippen MR) is 85.9 cm³/mol. The molecule has 1 N–H and O–H groups in total. The minimum Gasteiger partial charge on any atom is -0.496 e. The van der Waals surface area contributed by atoms with Crippen molar-refractivity contribution in [1.29, 1.82) is 0 Å². The molecule has 2 nitrogen and oxygen atoms in total. The molecule has 0 heterocycles. The van der Waals surface area contributed by atoms with E-state index in [-0.39, 0.29) is 5.41 Å². The second-order valence-electron chi connectivity index (χ2n) is 5.61. The smallest absolute Gasteiger partial charge is 0.122 e. The molecule has 0 bridgehead atoms. The Bertz CT molecular complexity index is 404. The summed E-state index contributed by atoms with van der Waals surface area (Å²) in [5, 5.41) is 3.62. The van der Waals surface area contributed by atoms with Crippen LogP contribution in [0.2, 0.25) is 0 Å². The lowest BCUT2D eigenvalue weighted by molar-refractivity contribution is 0.231. The minimum absolute atomic E-state index is 0.267. The molecule has 1 aromatic carbocycles. The molecule has 1 unspecified atom stereocenters. The summed E-state index contributed by atoms with van der Waals surface area (Å²) in [6, 6.07) is 6.66. The first kappa shape index (κ1) is 16.5. The van der Waals surface area contributed by atoms with E-state index in [1.807, 2.05) is 12.1 Å². The van der Waals surface area contributed by atoms with E-state index in [1.54, 1.807) is 7.11 Å². The van der Waals surface area contributed by atoms with Crippen molar-refractivity contribution in [1.82, 2.24) is 5.32 Å². The first-order chi connectivity index (χ1) is 8.94. The van der Waals surface area contributed by atoms with Gasteiger partial charge in [0.15, 0.2) is 0 Å². The third-order valence-corrected chi connectivity index (χ3v) is 4.46. The molecule has 1 rings (SSSR count). The van der Waals surface area contributed by atoms with Crippen molar-refractivity contribution < 1.29 is 4.74 Å². The van der Waals surface area contributed by atoms with Gasteiger partial charge in [-0.15, -0.1) is 0 Å². The summed E-state index contributed by atoms with van der Waals surface area (Å²) in [6.07, 6.45) is 2.14. The molecular formula is C16H26BrNO. The van der Waals surface area contributed by atoms with Crippen molar-refractivity contribution in [2.75, 3.05) is 13.7 Å². The molecule has 0 aliphatic heterocycles. The normalized spacial score (nSPS) is 13.4. The highest BCUT2D eigenvalue weighted by Gasteiger charge is 2.27. The monoisotopic (exact) mass is 327 g/mol. The van der Waals surface area contributed by atoms with Crippen LogP contribution in [0.4, 0.5) is 0 Å². The fraction of sp³-hybridized carbons (Fsp3) is 0.625. The summed E-state index contributed by atoms with van der Waals surface area (Å²) in [5.41, 5.74) is 1.52. The predicted octanol–water partition coefficient (Wildman–Crippen LogP) is 4.41. The van der Waals surface area contributed by atoms with Crippen LogP contribution in [0, 0.1) is 5.41 Å². The lowest BCUT2D eigenvalue weighted by atomic mass is 9.79. The van der Waals surface area contributed by atoms with E-state index < -0.39 is 0 Å². The number of benzene rings is 1. The number of nitrogens with one attached hydrogen (secondary N) is 1. The van der Waals surface area contributed by atoms with Gasteiger partial charge in [-0.25, -0.2) is 0 Å². The summed E-state index contributed by atoms with van der Waals surface area (Å²) in [5.74, 6) is 0.970. The highest BCUT2D eigenvalue weighted by Crippen LogP contribution is 2.31. The Balaban J connectivity index is 2.99. The minimum atomic E-state index is 0.267. The molecule has 108 valence electrons. The molecular weight excluding hydrogens is 302 g/mol. The zero-order chi connectivity index (χ0) is 14.5. The van der Waals surface area contributed by atoms with Crippen LogP contribution in [0.15, 0.2) is 22.7 Å². The maximum atomic E-state index is 5.48. The van der Waals surface area contributed by atoms with Gasteiger partial charge in [0, 0.05) is 10.5 Å². The van der Waals surface area contributed by atoms with Gasteiger partial charge in [0.05, 0.1) is 7.11 Å². The average molecular weight is 328 g/mol. The topological polar surface area (TPSA) is 21.3 Å². The van der Waals surface area contributed by atoms with Crippen LogP contribution in [0.1, 0.15) is 39.7 Å². The largest absolute Gasteiger partial charge is 0.496 e. The standard InChI is InChI=1S/C16H26BrNO/c1-6-16(3,4)15(18-7-2)11-12-10-13(17)8-9-14(12)19-5/h8-10,15,18H,6-7,11H2,1-5H3. The van der Waals surface area contributed by atoms with Crippen LogP contribution in [0.5, 0.6) is 5.75 Å². The Morgan fingerprint density at radius 3 is 2.53 bits per heavy atom. The number of rotatable bonds is 7. The molecule has 1 atom stereocenters. The maximum absolute atomic E-state index is 5.48. The molecule has 0 radical (unpaired) electrons. The molecule has 0 aliphatic carbocycles. The molecule has 0 fully saturated rings. The van der Waals surface area contributed by atoms with E-state index in [0.717, 1.165) is 29.6 Å². The number of likely N-dealkylation sites (N-methyl/N-ethyl adjacent to an activating group) is 1. The highest BCUT2D eigenvalue weighted by molar-refractivity contribution is 9.10. The average Bonchev–Trinajstić information content (AvgIpc) is 2.38. The van der Waals surface area contributed by atoms with Crippen LogP contribution in [-0.4, -0.2) is 19.7 Å². The molecule has 0 spiro atoms. The Labute approximate surface area is 126 Å². The number of halogens is 1. The van der Waals surface area contributed by atoms with Gasteiger partial charge >= 0.3 is 0 Å². The van der Waals surface area contributed by atoms with Crippen LogP contribution in [-0.2, 0) is 6.42 Å². The molecule has 1 aromatic rings. The van der Waals surface area contributed by atoms with E-state index in [4.69, 9.17) is 4.74 Å². The van der Waals surface area contributed by atoms with Gasteiger partial charge in [0.2, 0.25) is 0 Å². The SMILES string of the molecule is CCNC(Cc1cc(Br)ccc1OC)C(C)(C)CC. The van der Waals surface area contributed by atoms with E-state index in [0.29, 0.717) is 6.04 Å². The van der Waals surface area contributed by atoms with Crippen LogP contribution in [0.25, 0.3) is 0 Å². The molecule has 3 heteroatoms. The molecule has 0 aliphatic rings. The summed E-state index contributed by atoms with van der Waals surface area (Å²) >= 11 is 3.55. The van der Waals surface area contributed by atoms with Crippen LogP contribution < -0.4 is 10.1 Å². The van der Waals surface area contributed by atoms with E-state index in [1.165, 1.54) is 5.56 Å². The van der Waals surface area contributed by atoms with E-state index in [2.05, 4.69) is 55.0 Å². The van der Waals surface area contributed by atoms with Gasteiger partial charge in [-0.1, -0.05) is 43.6 Å². The Kier molecular flexibility index (Phi) is 6.34. The van der Waals surface area contributed by atoms with Crippen molar-refractivity contribution >= 4 is 15.9 Å². The van der Waals surface area contributed by atoms with Gasteiger partial charge in [-0.3, -0.25) is 0 Å². The van der Waals surface area contributed by atoms with Crippen molar-refractivity contribution in [3.05, 3.63) is 28.2 Å². The van der Waals surface area contributed by atoms with E-state index in [9.17, 15) is 0 Å². The van der Waals surface area contributed by atoms with Crippen molar-refractivity contribution in [2.24, 2.45) is 5.41 Å². The molecule has 0 saturated heterocycles. The first-order valence-corrected chi connectivity index (χ1v) is 7.79. The summed E-state index contributed by atoms with van der Waals surface area (Å²) in [4.78, 5) is 0. The lowest BCUT2D eigenvalue weighted by Crippen LogP contribution is -2.43. The van der Waals surface area contributed by atoms with Crippen LogP contribution >= 0.6 is 15.9 Å². The summed E-state index contributed by atoms with van der Waals surface area (Å²) < 4.78 is 6.58. The van der Waals surface area contributed by atoms with Gasteiger partial charge in [-0.05, 0) is 48.6 Å². The Morgan fingerprint density at radius 1 is 1.32 bits per heavy atom.